The average Bonchev–Trinajstić information content (AvgIpc) is 3.86. The molecular formula is C32H46N8O2. The first-order chi connectivity index (χ1) is 20.8. The number of ether oxygens (including phenoxy) is 2. The minimum absolute atomic E-state index is 0.807. The van der Waals surface area contributed by atoms with Gasteiger partial charge in [0, 0.05) is 84.0 Å². The monoisotopic (exact) mass is 574 g/mol. The van der Waals surface area contributed by atoms with E-state index in [1.807, 2.05) is 6.20 Å². The van der Waals surface area contributed by atoms with E-state index in [0.717, 1.165) is 122 Å². The highest BCUT2D eigenvalue weighted by molar-refractivity contribution is 5.62. The van der Waals surface area contributed by atoms with E-state index in [-0.39, 0.29) is 0 Å². The molecule has 0 saturated carbocycles. The van der Waals surface area contributed by atoms with E-state index in [1.54, 1.807) is 0 Å². The smallest absolute Gasteiger partial charge is 0.178 e. The first-order valence-corrected chi connectivity index (χ1v) is 16.2. The number of hydrogen-bond acceptors (Lipinski definition) is 8. The van der Waals surface area contributed by atoms with Crippen LogP contribution < -0.4 is 10.0 Å². The van der Waals surface area contributed by atoms with Gasteiger partial charge < -0.3 is 19.5 Å². The highest BCUT2D eigenvalue weighted by atomic mass is 16.5. The van der Waals surface area contributed by atoms with Crippen molar-refractivity contribution in [3.8, 4) is 22.9 Å². The van der Waals surface area contributed by atoms with E-state index >= 15 is 0 Å². The zero-order chi connectivity index (χ0) is 28.1. The molecule has 226 valence electrons. The topological polar surface area (TPSA) is 67.1 Å². The lowest BCUT2D eigenvalue weighted by Gasteiger charge is -2.26. The maximum Gasteiger partial charge on any atom is 0.178 e. The SMILES string of the molecule is c1cc(-c2cc(CCN3CCOCC3)cn2N2CCCC2)nc(-c2cc(CCN3CCOCC3)cn2N2CCCC2)n1. The van der Waals surface area contributed by atoms with Gasteiger partial charge in [0.1, 0.15) is 5.69 Å². The summed E-state index contributed by atoms with van der Waals surface area (Å²) >= 11 is 0. The van der Waals surface area contributed by atoms with Gasteiger partial charge in [-0.1, -0.05) is 0 Å². The molecule has 42 heavy (non-hydrogen) atoms. The molecule has 4 aliphatic rings. The molecule has 3 aromatic heterocycles. The minimum atomic E-state index is 0.807. The van der Waals surface area contributed by atoms with Crippen LogP contribution in [-0.4, -0.2) is 121 Å². The summed E-state index contributed by atoms with van der Waals surface area (Å²) in [5.74, 6) is 0.807. The van der Waals surface area contributed by atoms with Crippen LogP contribution >= 0.6 is 0 Å². The quantitative estimate of drug-likeness (QED) is 0.366. The Morgan fingerprint density at radius 1 is 0.619 bits per heavy atom. The summed E-state index contributed by atoms with van der Waals surface area (Å²) in [7, 11) is 0. The second kappa shape index (κ2) is 13.2. The Morgan fingerprint density at radius 2 is 1.12 bits per heavy atom. The molecule has 4 saturated heterocycles. The fourth-order valence-electron chi connectivity index (χ4n) is 6.79. The lowest BCUT2D eigenvalue weighted by atomic mass is 10.2. The second-order valence-corrected chi connectivity index (χ2v) is 12.2. The second-order valence-electron chi connectivity index (χ2n) is 12.2. The molecule has 0 N–H and O–H groups in total. The zero-order valence-corrected chi connectivity index (χ0v) is 25.0. The molecule has 0 aliphatic carbocycles. The standard InChI is InChI=1S/C32H46N8O2/c1-2-10-37(9-1)39-25-27(6-13-35-15-19-41-20-16-35)23-30(39)29-5-8-33-32(34-29)31-24-28(7-14-36-17-21-42-22-18-36)26-40(31)38-11-3-4-12-38/h5,8,23-26H,1-4,6-7,9-22H2. The van der Waals surface area contributed by atoms with Crippen molar-refractivity contribution < 1.29 is 9.47 Å². The van der Waals surface area contributed by atoms with Crippen molar-refractivity contribution in [2.75, 3.05) is 102 Å². The van der Waals surface area contributed by atoms with E-state index in [9.17, 15) is 0 Å². The van der Waals surface area contributed by atoms with Gasteiger partial charge in [-0.05, 0) is 67.9 Å². The molecule has 0 atom stereocenters. The number of hydrogen-bond donors (Lipinski definition) is 0. The van der Waals surface area contributed by atoms with Crippen molar-refractivity contribution in [3.05, 3.63) is 47.9 Å². The molecule has 0 amide bonds. The van der Waals surface area contributed by atoms with Crippen molar-refractivity contribution in [2.24, 2.45) is 0 Å². The first-order valence-electron chi connectivity index (χ1n) is 16.2. The zero-order valence-electron chi connectivity index (χ0n) is 25.0. The molecular weight excluding hydrogens is 528 g/mol. The summed E-state index contributed by atoms with van der Waals surface area (Å²) in [6.07, 6.45) is 13.6. The molecule has 0 radical (unpaired) electrons. The fraction of sp³-hybridized carbons (Fsp3) is 0.625. The van der Waals surface area contributed by atoms with Gasteiger partial charge in [-0.2, -0.15) is 0 Å². The number of aromatic nitrogens is 4. The van der Waals surface area contributed by atoms with Crippen LogP contribution in [0.2, 0.25) is 0 Å². The Labute approximate surface area is 249 Å². The summed E-state index contributed by atoms with van der Waals surface area (Å²) in [5, 5.41) is 4.94. The molecule has 3 aromatic rings. The molecule has 0 bridgehead atoms. The highest BCUT2D eigenvalue weighted by Gasteiger charge is 2.22. The number of nitrogens with zero attached hydrogens (tertiary/aromatic N) is 8. The predicted octanol–water partition coefficient (Wildman–Crippen LogP) is 2.63. The van der Waals surface area contributed by atoms with Gasteiger partial charge in [0.25, 0.3) is 0 Å². The third kappa shape index (κ3) is 6.37. The van der Waals surface area contributed by atoms with Gasteiger partial charge in [-0.15, -0.1) is 0 Å². The summed E-state index contributed by atoms with van der Waals surface area (Å²) in [6, 6.07) is 6.77. The van der Waals surface area contributed by atoms with Crippen molar-refractivity contribution in [1.29, 1.82) is 0 Å². The van der Waals surface area contributed by atoms with Crippen LogP contribution in [0, 0.1) is 0 Å². The van der Waals surface area contributed by atoms with Gasteiger partial charge in [-0.3, -0.25) is 19.2 Å². The van der Waals surface area contributed by atoms with Crippen molar-refractivity contribution >= 4 is 0 Å². The Balaban J connectivity index is 1.16. The van der Waals surface area contributed by atoms with Gasteiger partial charge in [0.05, 0.1) is 37.8 Å². The van der Waals surface area contributed by atoms with Gasteiger partial charge >= 0.3 is 0 Å². The van der Waals surface area contributed by atoms with Crippen molar-refractivity contribution in [1.82, 2.24) is 29.1 Å². The molecule has 7 heterocycles. The Hall–Kier alpha value is -2.92. The van der Waals surface area contributed by atoms with Crippen LogP contribution in [0.5, 0.6) is 0 Å². The normalized spacial score (nSPS) is 20.7. The lowest BCUT2D eigenvalue weighted by molar-refractivity contribution is 0.0384. The molecule has 10 nitrogen and oxygen atoms in total. The maximum atomic E-state index is 5.55. The van der Waals surface area contributed by atoms with Gasteiger partial charge in [0.15, 0.2) is 5.82 Å². The van der Waals surface area contributed by atoms with E-state index in [1.165, 1.54) is 42.5 Å². The van der Waals surface area contributed by atoms with E-state index in [4.69, 9.17) is 19.4 Å². The summed E-state index contributed by atoms with van der Waals surface area (Å²) in [5.41, 5.74) is 5.98. The van der Waals surface area contributed by atoms with E-state index < -0.39 is 0 Å². The largest absolute Gasteiger partial charge is 0.379 e. The molecule has 10 heteroatoms. The third-order valence-corrected chi connectivity index (χ3v) is 9.28. The van der Waals surface area contributed by atoms with Gasteiger partial charge in [0.2, 0.25) is 0 Å². The fourth-order valence-corrected chi connectivity index (χ4v) is 6.79. The molecule has 4 aliphatic heterocycles. The van der Waals surface area contributed by atoms with Crippen LogP contribution in [0.15, 0.2) is 36.8 Å². The predicted molar refractivity (Wildman–Crippen MR) is 165 cm³/mol. The number of morpholine rings is 2. The van der Waals surface area contributed by atoms with Crippen molar-refractivity contribution in [2.45, 2.75) is 38.5 Å². The first kappa shape index (κ1) is 27.9. The maximum absolute atomic E-state index is 5.55. The highest BCUT2D eigenvalue weighted by Crippen LogP contribution is 2.27. The van der Waals surface area contributed by atoms with Crippen LogP contribution in [0.1, 0.15) is 36.8 Å². The average molecular weight is 575 g/mol. The van der Waals surface area contributed by atoms with Crippen LogP contribution in [-0.2, 0) is 22.3 Å². The van der Waals surface area contributed by atoms with Gasteiger partial charge in [-0.25, -0.2) is 9.97 Å². The van der Waals surface area contributed by atoms with E-state index in [2.05, 4.69) is 59.8 Å². The Bertz CT molecular complexity index is 1200. The molecule has 0 spiro atoms. The van der Waals surface area contributed by atoms with Crippen LogP contribution in [0.3, 0.4) is 0 Å². The molecule has 0 unspecified atom stereocenters. The van der Waals surface area contributed by atoms with E-state index in [0.29, 0.717) is 0 Å². The van der Waals surface area contributed by atoms with Crippen molar-refractivity contribution in [3.63, 3.8) is 0 Å². The summed E-state index contributed by atoms with van der Waals surface area (Å²) in [4.78, 5) is 15.1. The summed E-state index contributed by atoms with van der Waals surface area (Å²) in [6.45, 7) is 13.9. The Kier molecular flexibility index (Phi) is 8.74. The molecule has 7 rings (SSSR count). The minimum Gasteiger partial charge on any atom is -0.379 e. The van der Waals surface area contributed by atoms with Crippen LogP contribution in [0.25, 0.3) is 22.9 Å². The third-order valence-electron chi connectivity index (χ3n) is 9.28. The molecule has 0 aromatic carbocycles. The van der Waals surface area contributed by atoms with Crippen LogP contribution in [0.4, 0.5) is 0 Å². The summed E-state index contributed by atoms with van der Waals surface area (Å²) < 4.78 is 15.8. The Morgan fingerprint density at radius 3 is 1.67 bits per heavy atom. The molecule has 4 fully saturated rings. The number of rotatable bonds is 10. The lowest BCUT2D eigenvalue weighted by Crippen LogP contribution is -2.37.